The number of aliphatic carboxylic acids is 1. The number of benzene rings is 1. The number of carbonyl (C=O) groups excluding carboxylic acids is 1. The Morgan fingerprint density at radius 1 is 1.15 bits per heavy atom. The second kappa shape index (κ2) is 7.59. The largest absolute Gasteiger partial charge is 0.478 e. The van der Waals surface area contributed by atoms with Crippen LogP contribution < -0.4 is 0 Å². The second-order valence-electron chi connectivity index (χ2n) is 8.19. The summed E-state index contributed by atoms with van der Waals surface area (Å²) in [4.78, 5) is 24.5. The molecule has 3 rings (SSSR count). The Morgan fingerprint density at radius 2 is 1.81 bits per heavy atom. The van der Waals surface area contributed by atoms with Gasteiger partial charge in [-0.1, -0.05) is 37.5 Å². The third kappa shape index (κ3) is 4.41. The number of carboxylic acid groups (broad SMARTS) is 1. The van der Waals surface area contributed by atoms with Crippen molar-refractivity contribution in [1.82, 2.24) is 4.57 Å². The highest BCUT2D eigenvalue weighted by Crippen LogP contribution is 2.33. The van der Waals surface area contributed by atoms with Crippen LogP contribution in [-0.2, 0) is 9.53 Å². The summed E-state index contributed by atoms with van der Waals surface area (Å²) < 4.78 is 6.97. The summed E-state index contributed by atoms with van der Waals surface area (Å²) in [5.74, 6) is -0.809. The molecule has 1 aromatic heterocycles. The predicted octanol–water partition coefficient (Wildman–Crippen LogP) is 5.47. The fraction of sp³-hybridized carbons (Fsp3) is 0.455. The lowest BCUT2D eigenvalue weighted by atomic mass is 9.83. The summed E-state index contributed by atoms with van der Waals surface area (Å²) in [6.45, 7) is 5.47. The van der Waals surface area contributed by atoms with E-state index in [1.165, 1.54) is 11.0 Å². The Hall–Kier alpha value is -2.56. The highest BCUT2D eigenvalue weighted by Gasteiger charge is 2.24. The average Bonchev–Trinajstić information content (AvgIpc) is 2.97. The smallest absolute Gasteiger partial charge is 0.419 e. The zero-order valence-electron chi connectivity index (χ0n) is 16.2. The summed E-state index contributed by atoms with van der Waals surface area (Å²) in [6.07, 6.45) is 8.07. The van der Waals surface area contributed by atoms with E-state index < -0.39 is 17.7 Å². The van der Waals surface area contributed by atoms with Crippen LogP contribution in [0.1, 0.15) is 58.4 Å². The Balaban J connectivity index is 2.06. The molecule has 1 fully saturated rings. The van der Waals surface area contributed by atoms with Gasteiger partial charge in [0, 0.05) is 22.7 Å². The number of rotatable bonds is 3. The van der Waals surface area contributed by atoms with Crippen LogP contribution in [0.15, 0.2) is 36.0 Å². The monoisotopic (exact) mass is 369 g/mol. The molecule has 1 saturated carbocycles. The minimum Gasteiger partial charge on any atom is -0.478 e. The van der Waals surface area contributed by atoms with Crippen LogP contribution in [0.25, 0.3) is 17.0 Å². The van der Waals surface area contributed by atoms with E-state index in [4.69, 9.17) is 4.74 Å². The van der Waals surface area contributed by atoms with Crippen molar-refractivity contribution in [1.29, 1.82) is 0 Å². The van der Waals surface area contributed by atoms with E-state index in [1.807, 2.05) is 45.0 Å². The van der Waals surface area contributed by atoms with E-state index in [9.17, 15) is 14.7 Å². The van der Waals surface area contributed by atoms with Crippen molar-refractivity contribution >= 4 is 29.0 Å². The molecular weight excluding hydrogens is 342 g/mol. The highest BCUT2D eigenvalue weighted by molar-refractivity contribution is 6.00. The van der Waals surface area contributed by atoms with Gasteiger partial charge in [0.1, 0.15) is 5.60 Å². The van der Waals surface area contributed by atoms with Crippen molar-refractivity contribution in [3.8, 4) is 0 Å². The van der Waals surface area contributed by atoms with Gasteiger partial charge in [-0.25, -0.2) is 9.59 Å². The molecule has 27 heavy (non-hydrogen) atoms. The number of ether oxygens (including phenoxy) is 1. The van der Waals surface area contributed by atoms with E-state index in [0.717, 1.165) is 36.6 Å². The van der Waals surface area contributed by atoms with Gasteiger partial charge >= 0.3 is 12.1 Å². The van der Waals surface area contributed by atoms with E-state index in [0.29, 0.717) is 11.1 Å². The van der Waals surface area contributed by atoms with Gasteiger partial charge in [-0.15, -0.1) is 0 Å². The first-order chi connectivity index (χ1) is 12.8. The third-order valence-corrected chi connectivity index (χ3v) is 4.94. The van der Waals surface area contributed by atoms with E-state index in [2.05, 4.69) is 0 Å². The lowest BCUT2D eigenvalue weighted by Crippen LogP contribution is -2.26. The van der Waals surface area contributed by atoms with Crippen molar-refractivity contribution in [2.75, 3.05) is 0 Å². The molecule has 0 amide bonds. The lowest BCUT2D eigenvalue weighted by Gasteiger charge is -2.22. The molecule has 0 bridgehead atoms. The number of para-hydroxylation sites is 1. The number of carbonyl (C=O) groups is 2. The van der Waals surface area contributed by atoms with Crippen LogP contribution in [0, 0.1) is 5.92 Å². The third-order valence-electron chi connectivity index (χ3n) is 4.94. The zero-order valence-corrected chi connectivity index (χ0v) is 16.2. The Kier molecular flexibility index (Phi) is 5.40. The van der Waals surface area contributed by atoms with Crippen molar-refractivity contribution in [2.45, 2.75) is 58.5 Å². The standard InChI is InChI=1S/C22H27NO4/c1-22(2,3)27-21(26)23-14-16(17-11-7-8-12-19(17)23)13-18(20(24)25)15-9-5-4-6-10-15/h7-8,11-15H,4-6,9-10H2,1-3H3,(H,24,25)/b18-13+. The predicted molar refractivity (Wildman–Crippen MR) is 106 cm³/mol. The fourth-order valence-corrected chi connectivity index (χ4v) is 3.72. The fourth-order valence-electron chi connectivity index (χ4n) is 3.72. The molecule has 0 spiro atoms. The molecule has 0 saturated heterocycles. The maximum atomic E-state index is 12.6. The lowest BCUT2D eigenvalue weighted by molar-refractivity contribution is -0.133. The van der Waals surface area contributed by atoms with Crippen LogP contribution in [0.2, 0.25) is 0 Å². The molecule has 1 aliphatic carbocycles. The van der Waals surface area contributed by atoms with Crippen molar-refractivity contribution < 1.29 is 19.4 Å². The molecule has 5 nitrogen and oxygen atoms in total. The molecule has 144 valence electrons. The molecule has 1 aliphatic rings. The van der Waals surface area contributed by atoms with Gasteiger partial charge in [0.2, 0.25) is 0 Å². The first-order valence-corrected chi connectivity index (χ1v) is 9.54. The molecule has 0 aliphatic heterocycles. The van der Waals surface area contributed by atoms with Gasteiger partial charge in [0.25, 0.3) is 0 Å². The van der Waals surface area contributed by atoms with E-state index >= 15 is 0 Å². The first kappa shape index (κ1) is 19.2. The van der Waals surface area contributed by atoms with Gasteiger partial charge < -0.3 is 9.84 Å². The quantitative estimate of drug-likeness (QED) is 0.728. The van der Waals surface area contributed by atoms with Crippen LogP contribution in [0.4, 0.5) is 4.79 Å². The first-order valence-electron chi connectivity index (χ1n) is 9.54. The number of carboxylic acids is 1. The molecule has 0 unspecified atom stereocenters. The van der Waals surface area contributed by atoms with Crippen LogP contribution >= 0.6 is 0 Å². The number of hydrogen-bond acceptors (Lipinski definition) is 3. The van der Waals surface area contributed by atoms with Crippen molar-refractivity contribution in [3.63, 3.8) is 0 Å². The minimum atomic E-state index is -0.879. The van der Waals surface area contributed by atoms with Gasteiger partial charge in [0.15, 0.2) is 0 Å². The maximum absolute atomic E-state index is 12.6. The van der Waals surface area contributed by atoms with Crippen LogP contribution in [-0.4, -0.2) is 27.3 Å². The van der Waals surface area contributed by atoms with Crippen LogP contribution in [0.3, 0.4) is 0 Å². The normalized spacial score (nSPS) is 16.5. The molecule has 5 heteroatoms. The van der Waals surface area contributed by atoms with Gasteiger partial charge in [0.05, 0.1) is 5.52 Å². The summed E-state index contributed by atoms with van der Waals surface area (Å²) in [7, 11) is 0. The molecule has 2 aromatic rings. The van der Waals surface area contributed by atoms with E-state index in [1.54, 1.807) is 12.3 Å². The topological polar surface area (TPSA) is 68.5 Å². The SMILES string of the molecule is CC(C)(C)OC(=O)n1cc(/C=C(/C(=O)O)C2CCCCC2)c2ccccc21. The number of aromatic nitrogens is 1. The number of fused-ring (bicyclic) bond motifs is 1. The molecule has 0 atom stereocenters. The minimum absolute atomic E-state index is 0.0693. The zero-order chi connectivity index (χ0) is 19.6. The Bertz CT molecular complexity index is 879. The Morgan fingerprint density at radius 3 is 2.44 bits per heavy atom. The van der Waals surface area contributed by atoms with E-state index in [-0.39, 0.29) is 5.92 Å². The molecule has 1 aromatic carbocycles. The van der Waals surface area contributed by atoms with Gasteiger partial charge in [-0.2, -0.15) is 0 Å². The highest BCUT2D eigenvalue weighted by atomic mass is 16.6. The average molecular weight is 369 g/mol. The summed E-state index contributed by atoms with van der Waals surface area (Å²) >= 11 is 0. The van der Waals surface area contributed by atoms with Gasteiger partial charge in [-0.3, -0.25) is 4.57 Å². The van der Waals surface area contributed by atoms with Crippen molar-refractivity contribution in [2.24, 2.45) is 5.92 Å². The molecule has 1 N–H and O–H groups in total. The van der Waals surface area contributed by atoms with Gasteiger partial charge in [-0.05, 0) is 51.7 Å². The Labute approximate surface area is 159 Å². The summed E-state index contributed by atoms with van der Waals surface area (Å²) in [5, 5.41) is 10.6. The maximum Gasteiger partial charge on any atom is 0.419 e. The van der Waals surface area contributed by atoms with Crippen molar-refractivity contribution in [3.05, 3.63) is 41.6 Å². The summed E-state index contributed by atoms with van der Waals surface area (Å²) in [5.41, 5.74) is 1.28. The number of nitrogens with zero attached hydrogens (tertiary/aromatic N) is 1. The molecule has 0 radical (unpaired) electrons. The second-order valence-corrected chi connectivity index (χ2v) is 8.19. The molecular formula is C22H27NO4. The molecule has 1 heterocycles. The van der Waals surface area contributed by atoms with Crippen LogP contribution in [0.5, 0.6) is 0 Å². The summed E-state index contributed by atoms with van der Waals surface area (Å²) in [6, 6.07) is 7.50. The number of hydrogen-bond donors (Lipinski definition) is 1.